The summed E-state index contributed by atoms with van der Waals surface area (Å²) in [5, 5.41) is 0. The fraction of sp³-hybridized carbons (Fsp3) is 0.478. The number of benzene rings is 2. The first-order chi connectivity index (χ1) is 11.7. The van der Waals surface area contributed by atoms with Crippen molar-refractivity contribution in [2.24, 2.45) is 11.8 Å². The van der Waals surface area contributed by atoms with Crippen molar-refractivity contribution in [1.82, 2.24) is 0 Å². The lowest BCUT2D eigenvalue weighted by Crippen LogP contribution is -2.55. The largest absolute Gasteiger partial charge is 0.497 e. The van der Waals surface area contributed by atoms with Crippen LogP contribution in [0.25, 0.3) is 0 Å². The zero-order chi connectivity index (χ0) is 16.2. The third-order valence-electron chi connectivity index (χ3n) is 7.15. The topological polar surface area (TPSA) is 9.23 Å². The van der Waals surface area contributed by atoms with Crippen LogP contribution in [0, 0.1) is 11.8 Å². The highest BCUT2D eigenvalue weighted by Gasteiger charge is 2.58. The SMILES string of the molecule is COc1ccc(C23C[C@@H]4C[C@@H](CC(c5ccccc5)(C4)C2)C3)cc1. The molecule has 2 unspecified atom stereocenters. The maximum Gasteiger partial charge on any atom is 0.118 e. The summed E-state index contributed by atoms with van der Waals surface area (Å²) >= 11 is 0. The van der Waals surface area contributed by atoms with Gasteiger partial charge in [0.1, 0.15) is 5.75 Å². The van der Waals surface area contributed by atoms with Crippen LogP contribution < -0.4 is 4.74 Å². The molecule has 0 amide bonds. The van der Waals surface area contributed by atoms with Crippen molar-refractivity contribution in [2.45, 2.75) is 49.4 Å². The number of hydrogen-bond donors (Lipinski definition) is 0. The zero-order valence-corrected chi connectivity index (χ0v) is 14.5. The summed E-state index contributed by atoms with van der Waals surface area (Å²) in [6.07, 6.45) is 8.40. The molecule has 4 saturated carbocycles. The lowest BCUT2D eigenvalue weighted by molar-refractivity contribution is -0.0281. The number of methoxy groups -OCH3 is 1. The molecule has 0 spiro atoms. The third kappa shape index (κ3) is 2.06. The molecular formula is C23H26O. The van der Waals surface area contributed by atoms with E-state index in [0.717, 1.165) is 17.6 Å². The minimum atomic E-state index is 0.395. The van der Waals surface area contributed by atoms with Crippen molar-refractivity contribution in [3.05, 3.63) is 65.7 Å². The van der Waals surface area contributed by atoms with Gasteiger partial charge in [-0.1, -0.05) is 42.5 Å². The molecular weight excluding hydrogens is 292 g/mol. The Labute approximate surface area is 145 Å². The molecule has 0 aliphatic heterocycles. The molecule has 4 aliphatic rings. The molecule has 2 aromatic carbocycles. The summed E-state index contributed by atoms with van der Waals surface area (Å²) in [6.45, 7) is 0. The fourth-order valence-electron chi connectivity index (χ4n) is 6.67. The first kappa shape index (κ1) is 14.6. The van der Waals surface area contributed by atoms with E-state index in [4.69, 9.17) is 4.74 Å². The Bertz CT molecular complexity index is 716. The maximum absolute atomic E-state index is 5.38. The summed E-state index contributed by atoms with van der Waals surface area (Å²) in [6, 6.07) is 20.4. The van der Waals surface area contributed by atoms with Gasteiger partial charge in [0.25, 0.3) is 0 Å². The van der Waals surface area contributed by atoms with E-state index in [1.165, 1.54) is 38.5 Å². The molecule has 0 saturated heterocycles. The van der Waals surface area contributed by atoms with Crippen molar-refractivity contribution in [2.75, 3.05) is 7.11 Å². The minimum absolute atomic E-state index is 0.395. The number of hydrogen-bond acceptors (Lipinski definition) is 1. The Kier molecular flexibility index (Phi) is 3.11. The van der Waals surface area contributed by atoms with Gasteiger partial charge in [-0.3, -0.25) is 0 Å². The van der Waals surface area contributed by atoms with Gasteiger partial charge in [-0.05, 0) is 84.5 Å². The normalized spacial score (nSPS) is 36.7. The van der Waals surface area contributed by atoms with Gasteiger partial charge in [0.15, 0.2) is 0 Å². The molecule has 2 aromatic rings. The van der Waals surface area contributed by atoms with Gasteiger partial charge in [-0.2, -0.15) is 0 Å². The van der Waals surface area contributed by atoms with E-state index in [-0.39, 0.29) is 0 Å². The first-order valence-electron chi connectivity index (χ1n) is 9.42. The molecule has 4 bridgehead atoms. The van der Waals surface area contributed by atoms with E-state index in [0.29, 0.717) is 10.8 Å². The molecule has 0 heterocycles. The lowest BCUT2D eigenvalue weighted by Gasteiger charge is -2.62. The molecule has 124 valence electrons. The van der Waals surface area contributed by atoms with Crippen LogP contribution in [0.5, 0.6) is 5.75 Å². The second-order valence-electron chi connectivity index (χ2n) is 8.62. The van der Waals surface area contributed by atoms with E-state index in [2.05, 4.69) is 54.6 Å². The van der Waals surface area contributed by atoms with Crippen molar-refractivity contribution in [1.29, 1.82) is 0 Å². The predicted octanol–water partition coefficient (Wildman–Crippen LogP) is 5.48. The Morgan fingerprint density at radius 1 is 0.750 bits per heavy atom. The van der Waals surface area contributed by atoms with Gasteiger partial charge in [-0.15, -0.1) is 0 Å². The van der Waals surface area contributed by atoms with Crippen LogP contribution in [0.1, 0.15) is 49.7 Å². The fourth-order valence-corrected chi connectivity index (χ4v) is 6.67. The molecule has 6 rings (SSSR count). The Balaban J connectivity index is 1.58. The first-order valence-corrected chi connectivity index (χ1v) is 9.42. The Hall–Kier alpha value is -1.76. The molecule has 0 radical (unpaired) electrons. The van der Waals surface area contributed by atoms with E-state index in [9.17, 15) is 0 Å². The lowest BCUT2D eigenvalue weighted by atomic mass is 9.42. The standard InChI is InChI=1S/C23H26O/c1-24-21-9-7-20(8-10-21)23-14-17-11-18(15-23)13-22(12-17,16-23)19-5-3-2-4-6-19/h2-10,17-18H,11-16H2,1H3/t17-,18+,22?,23?. The Morgan fingerprint density at radius 3 is 1.83 bits per heavy atom. The Morgan fingerprint density at radius 2 is 1.29 bits per heavy atom. The second-order valence-corrected chi connectivity index (χ2v) is 8.62. The quantitative estimate of drug-likeness (QED) is 0.727. The minimum Gasteiger partial charge on any atom is -0.497 e. The summed E-state index contributed by atoms with van der Waals surface area (Å²) in [5.41, 5.74) is 3.96. The highest BCUT2D eigenvalue weighted by atomic mass is 16.5. The van der Waals surface area contributed by atoms with E-state index >= 15 is 0 Å². The second kappa shape index (κ2) is 5.12. The summed E-state index contributed by atoms with van der Waals surface area (Å²) in [7, 11) is 1.75. The van der Waals surface area contributed by atoms with Crippen LogP contribution in [0.15, 0.2) is 54.6 Å². The molecule has 1 heteroatoms. The van der Waals surface area contributed by atoms with Crippen molar-refractivity contribution < 1.29 is 4.74 Å². The average molecular weight is 318 g/mol. The van der Waals surface area contributed by atoms with Crippen LogP contribution in [0.2, 0.25) is 0 Å². The van der Waals surface area contributed by atoms with Gasteiger partial charge < -0.3 is 4.74 Å². The summed E-state index contributed by atoms with van der Waals surface area (Å²) < 4.78 is 5.38. The third-order valence-corrected chi connectivity index (χ3v) is 7.15. The van der Waals surface area contributed by atoms with E-state index in [1.54, 1.807) is 18.2 Å². The van der Waals surface area contributed by atoms with E-state index in [1.807, 2.05) is 0 Å². The highest BCUT2D eigenvalue weighted by Crippen LogP contribution is 2.66. The van der Waals surface area contributed by atoms with Gasteiger partial charge in [0, 0.05) is 0 Å². The van der Waals surface area contributed by atoms with Gasteiger partial charge in [0.05, 0.1) is 7.11 Å². The molecule has 24 heavy (non-hydrogen) atoms. The van der Waals surface area contributed by atoms with Gasteiger partial charge >= 0.3 is 0 Å². The number of rotatable bonds is 3. The zero-order valence-electron chi connectivity index (χ0n) is 14.5. The van der Waals surface area contributed by atoms with Crippen LogP contribution in [-0.2, 0) is 10.8 Å². The highest BCUT2D eigenvalue weighted by molar-refractivity contribution is 5.39. The number of ether oxygens (including phenoxy) is 1. The molecule has 4 aliphatic carbocycles. The molecule has 4 atom stereocenters. The average Bonchev–Trinajstić information content (AvgIpc) is 2.61. The molecule has 4 fully saturated rings. The van der Waals surface area contributed by atoms with Gasteiger partial charge in [0.2, 0.25) is 0 Å². The molecule has 0 N–H and O–H groups in total. The molecule has 1 nitrogen and oxygen atoms in total. The van der Waals surface area contributed by atoms with Crippen LogP contribution in [-0.4, -0.2) is 7.11 Å². The predicted molar refractivity (Wildman–Crippen MR) is 97.5 cm³/mol. The van der Waals surface area contributed by atoms with Gasteiger partial charge in [-0.25, -0.2) is 0 Å². The summed E-state index contributed by atoms with van der Waals surface area (Å²) in [5.74, 6) is 2.79. The van der Waals surface area contributed by atoms with Crippen LogP contribution >= 0.6 is 0 Å². The summed E-state index contributed by atoms with van der Waals surface area (Å²) in [4.78, 5) is 0. The van der Waals surface area contributed by atoms with Crippen molar-refractivity contribution in [3.8, 4) is 5.75 Å². The molecule has 0 aromatic heterocycles. The van der Waals surface area contributed by atoms with Crippen molar-refractivity contribution in [3.63, 3.8) is 0 Å². The maximum atomic E-state index is 5.38. The van der Waals surface area contributed by atoms with Crippen LogP contribution in [0.3, 0.4) is 0 Å². The van der Waals surface area contributed by atoms with E-state index < -0.39 is 0 Å². The smallest absolute Gasteiger partial charge is 0.118 e. The van der Waals surface area contributed by atoms with Crippen LogP contribution in [0.4, 0.5) is 0 Å². The monoisotopic (exact) mass is 318 g/mol. The van der Waals surface area contributed by atoms with Crippen molar-refractivity contribution >= 4 is 0 Å².